The fraction of sp³-hybridized carbons (Fsp3) is 0.941. The molecule has 30 heavy (non-hydrogen) atoms. The zero-order chi connectivity index (χ0) is 24.2. The van der Waals surface area contributed by atoms with Crippen molar-refractivity contribution < 1.29 is 26.0 Å². The molecule has 0 spiro atoms. The fourth-order valence-corrected chi connectivity index (χ4v) is 18.0. The Bertz CT molecular complexity index is 570. The summed E-state index contributed by atoms with van der Waals surface area (Å²) >= 11 is 0. The lowest BCUT2D eigenvalue weighted by Gasteiger charge is -2.46. The van der Waals surface area contributed by atoms with Crippen LogP contribution in [0.5, 0.6) is 0 Å². The van der Waals surface area contributed by atoms with Gasteiger partial charge in [-0.3, -0.25) is 0 Å². The van der Waals surface area contributed by atoms with Crippen LogP contribution in [0, 0.1) is 5.92 Å². The van der Waals surface area contributed by atoms with Crippen LogP contribution in [0.2, 0.25) is 84.6 Å². The van der Waals surface area contributed by atoms with Crippen LogP contribution in [0.4, 0.5) is 0 Å². The molecule has 7 nitrogen and oxygen atoms in total. The molecule has 0 aliphatic heterocycles. The molecule has 0 radical (unpaired) electrons. The summed E-state index contributed by atoms with van der Waals surface area (Å²) in [4.78, 5) is 15.7. The van der Waals surface area contributed by atoms with E-state index in [9.17, 15) is 4.79 Å². The largest absolute Gasteiger partial charge is 0.469 e. The Labute approximate surface area is 192 Å². The summed E-state index contributed by atoms with van der Waals surface area (Å²) in [7, 11) is -10.7. The second-order valence-corrected chi connectivity index (χ2v) is 34.0. The van der Waals surface area contributed by atoms with E-state index in [-0.39, 0.29) is 5.92 Å². The molecule has 0 saturated heterocycles. The normalized spacial score (nSPS) is 15.8. The van der Waals surface area contributed by atoms with Crippen LogP contribution in [0.3, 0.4) is 0 Å². The van der Waals surface area contributed by atoms with Crippen LogP contribution in [-0.4, -0.2) is 64.6 Å². The van der Waals surface area contributed by atoms with E-state index in [0.717, 1.165) is 0 Å². The van der Waals surface area contributed by atoms with Crippen molar-refractivity contribution in [3.8, 4) is 0 Å². The second kappa shape index (κ2) is 10.6. The van der Waals surface area contributed by atoms with E-state index < -0.39 is 48.0 Å². The van der Waals surface area contributed by atoms with Gasteiger partial charge in [-0.15, -0.1) is 4.99 Å². The van der Waals surface area contributed by atoms with Gasteiger partial charge >= 0.3 is 8.80 Å². The molecule has 0 amide bonds. The molecular weight excluding hydrogens is 483 g/mol. The Balaban J connectivity index is 6.42. The molecule has 0 heterocycles. The van der Waals surface area contributed by atoms with Crippen molar-refractivity contribution >= 4 is 58.6 Å². The number of carbonyl (C=O) groups excluding carboxylic acids is 1. The van der Waals surface area contributed by atoms with Gasteiger partial charge in [0.05, 0.1) is 0 Å². The maximum absolute atomic E-state index is 11.5. The molecule has 13 heteroatoms. The quantitative estimate of drug-likeness (QED) is 0.154. The molecule has 178 valence electrons. The Morgan fingerprint density at radius 2 is 1.17 bits per heavy atom. The van der Waals surface area contributed by atoms with Crippen molar-refractivity contribution in [2.75, 3.05) is 0 Å². The smallest absolute Gasteiger partial charge is 0.425 e. The van der Waals surface area contributed by atoms with Crippen LogP contribution in [0.1, 0.15) is 6.92 Å². The SMILES string of the molecule is CC(C[Si](O[SiH3])(O[Si](C)(C)C)O[Si](C)(C)C)C(N=C=O)(O[Si](C)(C)C)O[Si](C)(C)C. The number of rotatable bonds is 13. The number of nitrogens with zero attached hydrogens (tertiary/aromatic N) is 1. The fourth-order valence-electron chi connectivity index (χ4n) is 3.03. The van der Waals surface area contributed by atoms with E-state index in [2.05, 4.69) is 83.6 Å². The summed E-state index contributed by atoms with van der Waals surface area (Å²) in [6.45, 7) is 27.2. The van der Waals surface area contributed by atoms with E-state index in [1.54, 1.807) is 6.08 Å². The van der Waals surface area contributed by atoms with Gasteiger partial charge in [0.15, 0.2) is 33.3 Å². The highest BCUT2D eigenvalue weighted by Gasteiger charge is 2.54. The summed E-state index contributed by atoms with van der Waals surface area (Å²) in [5.41, 5.74) is 0. The van der Waals surface area contributed by atoms with Gasteiger partial charge in [-0.2, -0.15) is 0 Å². The maximum atomic E-state index is 11.5. The van der Waals surface area contributed by atoms with E-state index >= 15 is 0 Å². The molecule has 0 bridgehead atoms. The predicted molar refractivity (Wildman–Crippen MR) is 139 cm³/mol. The average molecular weight is 528 g/mol. The number of isocyanates is 1. The van der Waals surface area contributed by atoms with Gasteiger partial charge in [-0.25, -0.2) is 4.79 Å². The number of aliphatic imine (C=N–C) groups is 1. The molecule has 0 aromatic carbocycles. The maximum Gasteiger partial charge on any atom is 0.469 e. The Hall–Kier alpha value is 0.481. The predicted octanol–water partition coefficient (Wildman–Crippen LogP) is 4.25. The van der Waals surface area contributed by atoms with Gasteiger partial charge in [0, 0.05) is 12.0 Å². The molecule has 0 aromatic rings. The van der Waals surface area contributed by atoms with Gasteiger partial charge in [-0.05, 0) is 78.6 Å². The molecule has 0 saturated carbocycles. The third kappa shape index (κ3) is 11.9. The van der Waals surface area contributed by atoms with Crippen molar-refractivity contribution in [1.29, 1.82) is 0 Å². The molecule has 1 unspecified atom stereocenters. The monoisotopic (exact) mass is 527 g/mol. The topological polar surface area (TPSA) is 75.6 Å². The summed E-state index contributed by atoms with van der Waals surface area (Å²) in [6.07, 6.45) is 1.72. The standard InChI is InChI=1S/C17H45NO6Si6/c1-16(14-30(22-25,23-28(8,9)10)24-29(11,12)13)17(18-15-19,20-26(2,3)4)21-27(5,6)7/h16H,14H2,1-13,25H3. The number of hydrogen-bond donors (Lipinski definition) is 0. The van der Waals surface area contributed by atoms with E-state index in [4.69, 9.17) is 21.2 Å². The molecular formula is C17H45NO6Si6. The lowest BCUT2D eigenvalue weighted by atomic mass is 10.1. The zero-order valence-electron chi connectivity index (χ0n) is 21.7. The summed E-state index contributed by atoms with van der Waals surface area (Å²) in [5.74, 6) is -1.70. The number of hydrogen-bond acceptors (Lipinski definition) is 7. The van der Waals surface area contributed by atoms with Crippen molar-refractivity contribution in [3.63, 3.8) is 0 Å². The van der Waals surface area contributed by atoms with E-state index in [1.807, 2.05) is 6.92 Å². The second-order valence-electron chi connectivity index (χ2n) is 11.7. The molecule has 0 fully saturated rings. The summed E-state index contributed by atoms with van der Waals surface area (Å²) in [5, 5.41) is 0. The first-order valence-corrected chi connectivity index (χ1v) is 26.9. The van der Waals surface area contributed by atoms with Gasteiger partial charge in [0.25, 0.3) is 5.91 Å². The van der Waals surface area contributed by atoms with Crippen LogP contribution >= 0.6 is 0 Å². The minimum atomic E-state index is -3.03. The highest BCUT2D eigenvalue weighted by molar-refractivity contribution is 6.86. The van der Waals surface area contributed by atoms with Crippen LogP contribution < -0.4 is 0 Å². The zero-order valence-corrected chi connectivity index (χ0v) is 28.7. The lowest BCUT2D eigenvalue weighted by molar-refractivity contribution is -0.154. The molecule has 0 N–H and O–H groups in total. The highest BCUT2D eigenvalue weighted by Crippen LogP contribution is 2.39. The van der Waals surface area contributed by atoms with Crippen molar-refractivity contribution in [3.05, 3.63) is 0 Å². The highest BCUT2D eigenvalue weighted by atomic mass is 28.5. The minimum Gasteiger partial charge on any atom is -0.425 e. The van der Waals surface area contributed by atoms with Gasteiger partial charge in [-0.1, -0.05) is 6.92 Å². The van der Waals surface area contributed by atoms with Crippen molar-refractivity contribution in [1.82, 2.24) is 0 Å². The summed E-state index contributed by atoms with van der Waals surface area (Å²) in [6, 6.07) is 0.477. The third-order valence-corrected chi connectivity index (χ3v) is 16.3. The van der Waals surface area contributed by atoms with Gasteiger partial charge < -0.3 is 21.2 Å². The average Bonchev–Trinajstić information content (AvgIpc) is 2.39. The van der Waals surface area contributed by atoms with E-state index in [1.165, 1.54) is 0 Å². The summed E-state index contributed by atoms with van der Waals surface area (Å²) < 4.78 is 32.4. The Morgan fingerprint density at radius 1 is 0.800 bits per heavy atom. The van der Waals surface area contributed by atoms with Crippen LogP contribution in [0.15, 0.2) is 4.99 Å². The van der Waals surface area contributed by atoms with Crippen molar-refractivity contribution in [2.24, 2.45) is 10.9 Å². The Morgan fingerprint density at radius 3 is 1.40 bits per heavy atom. The van der Waals surface area contributed by atoms with Crippen molar-refractivity contribution in [2.45, 2.75) is 97.4 Å². The Kier molecular flexibility index (Phi) is 10.8. The first-order valence-electron chi connectivity index (χ1n) is 10.5. The lowest BCUT2D eigenvalue weighted by Crippen LogP contribution is -2.60. The van der Waals surface area contributed by atoms with Gasteiger partial charge in [0.1, 0.15) is 10.5 Å². The van der Waals surface area contributed by atoms with Gasteiger partial charge in [0.2, 0.25) is 6.08 Å². The molecule has 0 aliphatic carbocycles. The van der Waals surface area contributed by atoms with Crippen LogP contribution in [0.25, 0.3) is 0 Å². The first kappa shape index (κ1) is 30.5. The molecule has 0 aromatic heterocycles. The molecule has 1 atom stereocenters. The van der Waals surface area contributed by atoms with Crippen LogP contribution in [-0.2, 0) is 26.0 Å². The van der Waals surface area contributed by atoms with E-state index in [0.29, 0.717) is 16.5 Å². The first-order chi connectivity index (χ1) is 13.1. The molecule has 0 rings (SSSR count). The minimum absolute atomic E-state index is 0.300. The molecule has 0 aliphatic rings. The third-order valence-electron chi connectivity index (χ3n) is 3.52.